The topological polar surface area (TPSA) is 43.2 Å². The van der Waals surface area contributed by atoms with E-state index in [2.05, 4.69) is 28.0 Å². The fraction of sp³-hybridized carbons (Fsp3) is 0.385. The van der Waals surface area contributed by atoms with Crippen molar-refractivity contribution in [3.8, 4) is 5.75 Å². The highest BCUT2D eigenvalue weighted by molar-refractivity contribution is 5.60. The van der Waals surface area contributed by atoms with E-state index in [1.165, 1.54) is 0 Å². The highest BCUT2D eigenvalue weighted by Gasteiger charge is 2.23. The third kappa shape index (κ3) is 2.03. The lowest BCUT2D eigenvalue weighted by atomic mass is 10.1. The maximum atomic E-state index is 5.73. The van der Waals surface area contributed by atoms with Crippen LogP contribution in [0.1, 0.15) is 6.92 Å². The molecule has 0 aliphatic carbocycles. The zero-order chi connectivity index (χ0) is 12.4. The fourth-order valence-electron chi connectivity index (χ4n) is 2.25. The summed E-state index contributed by atoms with van der Waals surface area (Å²) in [5, 5.41) is 4.13. The van der Waals surface area contributed by atoms with Crippen LogP contribution in [0.3, 0.4) is 0 Å². The Labute approximate surface area is 106 Å². The van der Waals surface area contributed by atoms with Gasteiger partial charge < -0.3 is 9.64 Å². The Morgan fingerprint density at radius 1 is 1.33 bits per heavy atom. The summed E-state index contributed by atoms with van der Waals surface area (Å²) in [7, 11) is 0. The Kier molecular flexibility index (Phi) is 2.88. The standard InChI is InChI=1S/C13H16N4O/c1-11-8-18-13-5-3-2-4-12(13)17(11)7-6-16-10-14-9-15-16/h2-5,9-11H,6-8H2,1H3/t11-/m1/s1. The van der Waals surface area contributed by atoms with Gasteiger partial charge in [-0.3, -0.25) is 4.68 Å². The van der Waals surface area contributed by atoms with Crippen molar-refractivity contribution < 1.29 is 4.74 Å². The van der Waals surface area contributed by atoms with Gasteiger partial charge in [0.1, 0.15) is 25.0 Å². The molecule has 1 aliphatic heterocycles. The maximum Gasteiger partial charge on any atom is 0.142 e. The molecule has 0 fully saturated rings. The van der Waals surface area contributed by atoms with E-state index in [0.717, 1.165) is 31.1 Å². The molecule has 0 saturated heterocycles. The summed E-state index contributed by atoms with van der Waals surface area (Å²) in [5.74, 6) is 0.967. The Hall–Kier alpha value is -2.04. The maximum absolute atomic E-state index is 5.73. The number of ether oxygens (including phenoxy) is 1. The fourth-order valence-corrected chi connectivity index (χ4v) is 2.25. The Morgan fingerprint density at radius 3 is 3.06 bits per heavy atom. The second-order valence-electron chi connectivity index (χ2n) is 4.48. The molecule has 1 aromatic carbocycles. The molecule has 18 heavy (non-hydrogen) atoms. The molecule has 94 valence electrons. The van der Waals surface area contributed by atoms with Gasteiger partial charge in [-0.25, -0.2) is 4.98 Å². The first kappa shape index (κ1) is 11.1. The van der Waals surface area contributed by atoms with Crippen molar-refractivity contribution in [1.29, 1.82) is 0 Å². The van der Waals surface area contributed by atoms with Crippen LogP contribution >= 0.6 is 0 Å². The predicted octanol–water partition coefficient (Wildman–Crippen LogP) is 1.57. The number of aromatic nitrogens is 3. The highest BCUT2D eigenvalue weighted by atomic mass is 16.5. The van der Waals surface area contributed by atoms with Crippen molar-refractivity contribution in [3.05, 3.63) is 36.9 Å². The van der Waals surface area contributed by atoms with E-state index in [4.69, 9.17) is 4.74 Å². The van der Waals surface area contributed by atoms with Crippen LogP contribution in [0.4, 0.5) is 5.69 Å². The van der Waals surface area contributed by atoms with Crippen molar-refractivity contribution in [1.82, 2.24) is 14.8 Å². The number of fused-ring (bicyclic) bond motifs is 1. The zero-order valence-corrected chi connectivity index (χ0v) is 10.4. The number of hydrogen-bond donors (Lipinski definition) is 0. The molecule has 0 N–H and O–H groups in total. The predicted molar refractivity (Wildman–Crippen MR) is 68.8 cm³/mol. The summed E-state index contributed by atoms with van der Waals surface area (Å²) in [6.45, 7) is 4.65. The van der Waals surface area contributed by atoms with Gasteiger partial charge in [-0.2, -0.15) is 5.10 Å². The van der Waals surface area contributed by atoms with Gasteiger partial charge >= 0.3 is 0 Å². The van der Waals surface area contributed by atoms with Gasteiger partial charge in [-0.1, -0.05) is 12.1 Å². The average molecular weight is 244 g/mol. The van der Waals surface area contributed by atoms with E-state index < -0.39 is 0 Å². The van der Waals surface area contributed by atoms with Gasteiger partial charge in [0.2, 0.25) is 0 Å². The van der Waals surface area contributed by atoms with Crippen molar-refractivity contribution >= 4 is 5.69 Å². The normalized spacial score (nSPS) is 18.3. The van der Waals surface area contributed by atoms with Crippen molar-refractivity contribution in [3.63, 3.8) is 0 Å². The minimum atomic E-state index is 0.378. The van der Waals surface area contributed by atoms with E-state index >= 15 is 0 Å². The lowest BCUT2D eigenvalue weighted by Gasteiger charge is -2.36. The molecule has 0 unspecified atom stereocenters. The molecule has 0 bridgehead atoms. The Bertz CT molecular complexity index is 511. The van der Waals surface area contributed by atoms with E-state index in [0.29, 0.717) is 6.04 Å². The molecule has 1 aromatic heterocycles. The number of nitrogens with zero attached hydrogens (tertiary/aromatic N) is 4. The van der Waals surface area contributed by atoms with Gasteiger partial charge in [-0.15, -0.1) is 0 Å². The monoisotopic (exact) mass is 244 g/mol. The summed E-state index contributed by atoms with van der Waals surface area (Å²) in [6.07, 6.45) is 3.31. The van der Waals surface area contributed by atoms with E-state index in [-0.39, 0.29) is 0 Å². The Morgan fingerprint density at radius 2 is 2.22 bits per heavy atom. The van der Waals surface area contributed by atoms with Gasteiger partial charge in [0.05, 0.1) is 18.3 Å². The van der Waals surface area contributed by atoms with Gasteiger partial charge in [0.15, 0.2) is 0 Å². The van der Waals surface area contributed by atoms with Crippen molar-refractivity contribution in [2.75, 3.05) is 18.1 Å². The minimum Gasteiger partial charge on any atom is -0.489 e. The largest absolute Gasteiger partial charge is 0.489 e. The number of benzene rings is 1. The molecular weight excluding hydrogens is 228 g/mol. The molecule has 3 rings (SSSR count). The molecule has 1 aliphatic rings. The second-order valence-corrected chi connectivity index (χ2v) is 4.48. The van der Waals surface area contributed by atoms with Crippen LogP contribution in [0, 0.1) is 0 Å². The lowest BCUT2D eigenvalue weighted by Crippen LogP contribution is -2.42. The van der Waals surface area contributed by atoms with Crippen LogP contribution in [-0.4, -0.2) is 34.0 Å². The van der Waals surface area contributed by atoms with Crippen LogP contribution in [0.2, 0.25) is 0 Å². The van der Waals surface area contributed by atoms with Crippen LogP contribution < -0.4 is 9.64 Å². The van der Waals surface area contributed by atoms with Gasteiger partial charge in [0, 0.05) is 6.54 Å². The first-order valence-corrected chi connectivity index (χ1v) is 6.15. The summed E-state index contributed by atoms with van der Waals surface area (Å²) < 4.78 is 7.58. The smallest absolute Gasteiger partial charge is 0.142 e. The number of anilines is 1. The molecule has 0 spiro atoms. The molecule has 5 heteroatoms. The SMILES string of the molecule is C[C@@H]1COc2ccccc2N1CCn1cncn1. The molecule has 0 saturated carbocycles. The minimum absolute atomic E-state index is 0.378. The molecular formula is C13H16N4O. The summed E-state index contributed by atoms with van der Waals surface area (Å²) >= 11 is 0. The summed E-state index contributed by atoms with van der Waals surface area (Å²) in [5.41, 5.74) is 1.16. The second kappa shape index (κ2) is 4.68. The van der Waals surface area contributed by atoms with E-state index in [1.807, 2.05) is 22.9 Å². The van der Waals surface area contributed by atoms with Gasteiger partial charge in [0.25, 0.3) is 0 Å². The highest BCUT2D eigenvalue weighted by Crippen LogP contribution is 2.33. The van der Waals surface area contributed by atoms with E-state index in [9.17, 15) is 0 Å². The molecule has 5 nitrogen and oxygen atoms in total. The van der Waals surface area contributed by atoms with E-state index in [1.54, 1.807) is 12.7 Å². The van der Waals surface area contributed by atoms with Crippen LogP contribution in [0.5, 0.6) is 5.75 Å². The number of para-hydroxylation sites is 2. The van der Waals surface area contributed by atoms with Crippen molar-refractivity contribution in [2.24, 2.45) is 0 Å². The molecule has 0 radical (unpaired) electrons. The number of hydrogen-bond acceptors (Lipinski definition) is 4. The number of rotatable bonds is 3. The third-order valence-corrected chi connectivity index (χ3v) is 3.22. The van der Waals surface area contributed by atoms with Crippen molar-refractivity contribution in [2.45, 2.75) is 19.5 Å². The molecule has 0 amide bonds. The molecule has 2 heterocycles. The summed E-state index contributed by atoms with van der Waals surface area (Å²) in [6, 6.07) is 8.55. The van der Waals surface area contributed by atoms with Gasteiger partial charge in [-0.05, 0) is 19.1 Å². The average Bonchev–Trinajstić information content (AvgIpc) is 2.91. The molecule has 1 atom stereocenters. The lowest BCUT2D eigenvalue weighted by molar-refractivity contribution is 0.268. The Balaban J connectivity index is 1.78. The first-order valence-electron chi connectivity index (χ1n) is 6.15. The first-order chi connectivity index (χ1) is 8.84. The molecule has 2 aromatic rings. The zero-order valence-electron chi connectivity index (χ0n) is 10.4. The van der Waals surface area contributed by atoms with Crippen LogP contribution in [0.15, 0.2) is 36.9 Å². The quantitative estimate of drug-likeness (QED) is 0.822. The van der Waals surface area contributed by atoms with Crippen LogP contribution in [-0.2, 0) is 6.54 Å². The third-order valence-electron chi connectivity index (χ3n) is 3.22. The van der Waals surface area contributed by atoms with Crippen LogP contribution in [0.25, 0.3) is 0 Å². The summed E-state index contributed by atoms with van der Waals surface area (Å²) in [4.78, 5) is 6.32.